The van der Waals surface area contributed by atoms with Crippen LogP contribution < -0.4 is 15.0 Å². The number of ether oxygens (including phenoxy) is 1. The molecule has 0 saturated carbocycles. The molecule has 1 amide bonds. The van der Waals surface area contributed by atoms with Crippen molar-refractivity contribution in [3.63, 3.8) is 0 Å². The number of nitrogens with zero attached hydrogens (tertiary/aromatic N) is 2. The van der Waals surface area contributed by atoms with Crippen molar-refractivity contribution in [1.29, 1.82) is 0 Å². The fourth-order valence-corrected chi connectivity index (χ4v) is 4.58. The summed E-state index contributed by atoms with van der Waals surface area (Å²) in [6.07, 6.45) is 1.52. The number of thiazole rings is 1. The molecule has 5 nitrogen and oxygen atoms in total. The number of anilines is 1. The number of hydrogen-bond donors (Lipinski definition) is 1. The first-order valence-electron chi connectivity index (χ1n) is 9.35. The molecule has 1 aromatic heterocycles. The fourth-order valence-electron chi connectivity index (χ4n) is 3.55. The first-order chi connectivity index (χ1) is 13.7. The van der Waals surface area contributed by atoms with E-state index in [1.807, 2.05) is 30.3 Å². The second-order valence-corrected chi connectivity index (χ2v) is 7.88. The van der Waals surface area contributed by atoms with E-state index in [1.54, 1.807) is 13.2 Å². The minimum absolute atomic E-state index is 0.0166. The molecule has 1 aliphatic rings. The molecule has 28 heavy (non-hydrogen) atoms. The van der Waals surface area contributed by atoms with Crippen LogP contribution in [0.2, 0.25) is 0 Å². The number of carbonyl (C=O) groups is 1. The summed E-state index contributed by atoms with van der Waals surface area (Å²) in [6.45, 7) is 1.95. The van der Waals surface area contributed by atoms with Crippen LogP contribution >= 0.6 is 11.3 Å². The summed E-state index contributed by atoms with van der Waals surface area (Å²) in [7, 11) is 1.63. The molecular weight excluding hydrogens is 377 g/mol. The number of hydrogen-bond acceptors (Lipinski definition) is 5. The predicted molar refractivity (Wildman–Crippen MR) is 109 cm³/mol. The molecule has 0 aliphatic carbocycles. The Morgan fingerprint density at radius 2 is 2.04 bits per heavy atom. The Morgan fingerprint density at radius 1 is 1.25 bits per heavy atom. The number of aromatic nitrogens is 1. The minimum Gasteiger partial charge on any atom is -0.496 e. The summed E-state index contributed by atoms with van der Waals surface area (Å²) in [5, 5.41) is 3.85. The van der Waals surface area contributed by atoms with Crippen LogP contribution in [0.15, 0.2) is 42.5 Å². The van der Waals surface area contributed by atoms with Crippen LogP contribution in [-0.4, -0.2) is 31.1 Å². The van der Waals surface area contributed by atoms with Gasteiger partial charge in [-0.05, 0) is 31.0 Å². The number of para-hydroxylation sites is 2. The molecule has 0 bridgehead atoms. The average molecular weight is 399 g/mol. The highest BCUT2D eigenvalue weighted by molar-refractivity contribution is 7.22. The van der Waals surface area contributed by atoms with Gasteiger partial charge in [-0.3, -0.25) is 4.79 Å². The predicted octanol–water partition coefficient (Wildman–Crippen LogP) is 3.98. The second-order valence-electron chi connectivity index (χ2n) is 6.87. The van der Waals surface area contributed by atoms with Crippen LogP contribution in [0.1, 0.15) is 18.4 Å². The molecule has 0 radical (unpaired) electrons. The van der Waals surface area contributed by atoms with E-state index in [2.05, 4.69) is 15.2 Å². The smallest absolute Gasteiger partial charge is 0.223 e. The highest BCUT2D eigenvalue weighted by atomic mass is 32.1. The molecule has 0 spiro atoms. The second kappa shape index (κ2) is 8.14. The molecule has 0 atom stereocenters. The lowest BCUT2D eigenvalue weighted by Crippen LogP contribution is -2.40. The van der Waals surface area contributed by atoms with Gasteiger partial charge in [0.25, 0.3) is 0 Å². The van der Waals surface area contributed by atoms with E-state index in [-0.39, 0.29) is 17.6 Å². The summed E-state index contributed by atoms with van der Waals surface area (Å²) in [4.78, 5) is 19.2. The van der Waals surface area contributed by atoms with Crippen molar-refractivity contribution in [3.05, 3.63) is 53.8 Å². The van der Waals surface area contributed by atoms with Gasteiger partial charge in [0.15, 0.2) is 5.13 Å². The first-order valence-corrected chi connectivity index (χ1v) is 10.2. The van der Waals surface area contributed by atoms with E-state index in [0.717, 1.165) is 47.1 Å². The third-order valence-corrected chi connectivity index (χ3v) is 6.22. The zero-order valence-electron chi connectivity index (χ0n) is 15.7. The van der Waals surface area contributed by atoms with E-state index in [9.17, 15) is 9.18 Å². The molecule has 146 valence electrons. The third-order valence-electron chi connectivity index (χ3n) is 5.14. The summed E-state index contributed by atoms with van der Waals surface area (Å²) in [5.41, 5.74) is 1.39. The lowest BCUT2D eigenvalue weighted by atomic mass is 9.96. The standard InChI is InChI=1S/C21H22FN3O2S/c1-27-17-7-3-2-5-15(17)13-23-20(26)14-9-11-25(12-10-14)21-24-19-16(22)6-4-8-18(19)28-21/h2-8,14H,9-13H2,1H3,(H,23,26). The van der Waals surface area contributed by atoms with Crippen LogP contribution in [0.3, 0.4) is 0 Å². The van der Waals surface area contributed by atoms with Gasteiger partial charge in [-0.1, -0.05) is 35.6 Å². The number of halogens is 1. The molecule has 1 saturated heterocycles. The molecule has 1 N–H and O–H groups in total. The van der Waals surface area contributed by atoms with Crippen LogP contribution in [0.25, 0.3) is 10.2 Å². The Bertz CT molecular complexity index is 983. The number of amides is 1. The van der Waals surface area contributed by atoms with Crippen molar-refractivity contribution in [1.82, 2.24) is 10.3 Å². The van der Waals surface area contributed by atoms with Crippen molar-refractivity contribution >= 4 is 32.6 Å². The van der Waals surface area contributed by atoms with Gasteiger partial charge in [0.2, 0.25) is 5.91 Å². The summed E-state index contributed by atoms with van der Waals surface area (Å²) >= 11 is 1.50. The topological polar surface area (TPSA) is 54.5 Å². The van der Waals surface area contributed by atoms with Gasteiger partial charge >= 0.3 is 0 Å². The van der Waals surface area contributed by atoms with Crippen molar-refractivity contribution in [3.8, 4) is 5.75 Å². The Morgan fingerprint density at radius 3 is 2.79 bits per heavy atom. The number of nitrogens with one attached hydrogen (secondary N) is 1. The first kappa shape index (κ1) is 18.7. The largest absolute Gasteiger partial charge is 0.496 e. The van der Waals surface area contributed by atoms with Gasteiger partial charge in [0.1, 0.15) is 17.1 Å². The highest BCUT2D eigenvalue weighted by Crippen LogP contribution is 2.32. The van der Waals surface area contributed by atoms with E-state index in [4.69, 9.17) is 4.74 Å². The molecule has 1 fully saturated rings. The van der Waals surface area contributed by atoms with Crippen molar-refractivity contribution < 1.29 is 13.9 Å². The van der Waals surface area contributed by atoms with E-state index in [0.29, 0.717) is 12.1 Å². The molecule has 1 aliphatic heterocycles. The lowest BCUT2D eigenvalue weighted by molar-refractivity contribution is -0.125. The number of benzene rings is 2. The molecule has 3 aromatic rings. The summed E-state index contributed by atoms with van der Waals surface area (Å²) in [5.74, 6) is 0.546. The van der Waals surface area contributed by atoms with Gasteiger partial charge < -0.3 is 15.0 Å². The maximum absolute atomic E-state index is 13.9. The molecule has 7 heteroatoms. The molecule has 2 aromatic carbocycles. The van der Waals surface area contributed by atoms with Crippen molar-refractivity contribution in [2.45, 2.75) is 19.4 Å². The SMILES string of the molecule is COc1ccccc1CNC(=O)C1CCN(c2nc3c(F)cccc3s2)CC1. The zero-order valence-corrected chi connectivity index (χ0v) is 16.5. The minimum atomic E-state index is -0.286. The highest BCUT2D eigenvalue weighted by Gasteiger charge is 2.26. The number of methoxy groups -OCH3 is 1. The number of piperidine rings is 1. The maximum Gasteiger partial charge on any atom is 0.223 e. The number of carbonyl (C=O) groups excluding carboxylic acids is 1. The van der Waals surface area contributed by atoms with E-state index < -0.39 is 0 Å². The third kappa shape index (κ3) is 3.80. The molecule has 4 rings (SSSR count). The number of fused-ring (bicyclic) bond motifs is 1. The van der Waals surface area contributed by atoms with Crippen LogP contribution in [-0.2, 0) is 11.3 Å². The van der Waals surface area contributed by atoms with Gasteiger partial charge in [-0.2, -0.15) is 0 Å². The van der Waals surface area contributed by atoms with Gasteiger partial charge in [0, 0.05) is 31.1 Å². The van der Waals surface area contributed by atoms with Gasteiger partial charge in [-0.25, -0.2) is 9.37 Å². The Labute approximate surface area is 167 Å². The van der Waals surface area contributed by atoms with Gasteiger partial charge in [0.05, 0.1) is 11.8 Å². The van der Waals surface area contributed by atoms with Crippen LogP contribution in [0.5, 0.6) is 5.75 Å². The summed E-state index contributed by atoms with van der Waals surface area (Å²) in [6, 6.07) is 12.7. The lowest BCUT2D eigenvalue weighted by Gasteiger charge is -2.31. The Hall–Kier alpha value is -2.67. The van der Waals surface area contributed by atoms with Crippen molar-refractivity contribution in [2.75, 3.05) is 25.1 Å². The molecular formula is C21H22FN3O2S. The average Bonchev–Trinajstić information content (AvgIpc) is 3.18. The summed E-state index contributed by atoms with van der Waals surface area (Å²) < 4.78 is 20.1. The number of rotatable bonds is 5. The van der Waals surface area contributed by atoms with Gasteiger partial charge in [-0.15, -0.1) is 0 Å². The maximum atomic E-state index is 13.9. The molecule has 2 heterocycles. The molecule has 0 unspecified atom stereocenters. The normalized spacial score (nSPS) is 15.0. The zero-order chi connectivity index (χ0) is 19.5. The van der Waals surface area contributed by atoms with E-state index in [1.165, 1.54) is 17.4 Å². The van der Waals surface area contributed by atoms with E-state index >= 15 is 0 Å². The van der Waals surface area contributed by atoms with Crippen LogP contribution in [0, 0.1) is 11.7 Å². The Kier molecular flexibility index (Phi) is 5.43. The van der Waals surface area contributed by atoms with Crippen LogP contribution in [0.4, 0.5) is 9.52 Å². The fraction of sp³-hybridized carbons (Fsp3) is 0.333. The quantitative estimate of drug-likeness (QED) is 0.705. The van der Waals surface area contributed by atoms with Crippen molar-refractivity contribution in [2.24, 2.45) is 5.92 Å². The monoisotopic (exact) mass is 399 g/mol. The Balaban J connectivity index is 1.34.